The van der Waals surface area contributed by atoms with Gasteiger partial charge in [0.1, 0.15) is 0 Å². The molecule has 1 aromatic heterocycles. The quantitative estimate of drug-likeness (QED) is 0.905. The molecule has 0 spiro atoms. The number of benzene rings is 1. The van der Waals surface area contributed by atoms with Crippen molar-refractivity contribution in [1.29, 1.82) is 0 Å². The number of aromatic nitrogens is 1. The maximum absolute atomic E-state index is 12.6. The lowest BCUT2D eigenvalue weighted by molar-refractivity contribution is 0.0726. The van der Waals surface area contributed by atoms with Gasteiger partial charge < -0.3 is 4.90 Å². The van der Waals surface area contributed by atoms with Crippen LogP contribution in [0.2, 0.25) is 0 Å². The molecule has 1 heterocycles. The lowest BCUT2D eigenvalue weighted by atomic mass is 10.0. The summed E-state index contributed by atoms with van der Waals surface area (Å²) in [5.41, 5.74) is 1.36. The molecule has 1 amide bonds. The van der Waals surface area contributed by atoms with Crippen molar-refractivity contribution in [3.63, 3.8) is 0 Å². The monoisotopic (exact) mass is 333 g/mol. The second kappa shape index (κ2) is 6.89. The minimum Gasteiger partial charge on any atom is -0.335 e. The van der Waals surface area contributed by atoms with Gasteiger partial charge in [-0.15, -0.1) is 0 Å². The minimum atomic E-state index is -3.76. The lowest BCUT2D eigenvalue weighted by Crippen LogP contribution is -2.31. The minimum absolute atomic E-state index is 0.0176. The number of hydrogen-bond acceptors (Lipinski definition) is 4. The zero-order chi connectivity index (χ0) is 17.0. The summed E-state index contributed by atoms with van der Waals surface area (Å²) < 4.78 is 22.5. The van der Waals surface area contributed by atoms with Gasteiger partial charge in [0.2, 0.25) is 10.0 Å². The molecule has 23 heavy (non-hydrogen) atoms. The van der Waals surface area contributed by atoms with Crippen molar-refractivity contribution in [3.05, 3.63) is 59.9 Å². The Morgan fingerprint density at radius 1 is 1.26 bits per heavy atom. The number of hydrogen-bond donors (Lipinski definition) is 1. The standard InChI is InChI=1S/C16H19N3O3S/c1-3-15(13-5-4-10-18-11-13)19(2)16(20)12-6-8-14(9-7-12)23(17,21)22/h4-11,15H,3H2,1-2H3,(H2,17,21,22)/t15-/m0/s1. The van der Waals surface area contributed by atoms with Crippen LogP contribution in [0.15, 0.2) is 53.7 Å². The van der Waals surface area contributed by atoms with Crippen LogP contribution in [0.25, 0.3) is 0 Å². The molecule has 0 bridgehead atoms. The highest BCUT2D eigenvalue weighted by Crippen LogP contribution is 2.24. The Labute approximate surface area is 136 Å². The second-order valence-electron chi connectivity index (χ2n) is 5.20. The van der Waals surface area contributed by atoms with Gasteiger partial charge in [-0.05, 0) is 42.3 Å². The maximum Gasteiger partial charge on any atom is 0.254 e. The van der Waals surface area contributed by atoms with Crippen LogP contribution in [-0.2, 0) is 10.0 Å². The Balaban J connectivity index is 2.25. The van der Waals surface area contributed by atoms with Crippen LogP contribution >= 0.6 is 0 Å². The van der Waals surface area contributed by atoms with E-state index in [1.54, 1.807) is 24.3 Å². The highest BCUT2D eigenvalue weighted by atomic mass is 32.2. The molecule has 2 N–H and O–H groups in total. The number of amides is 1. The van der Waals surface area contributed by atoms with E-state index in [1.165, 1.54) is 24.3 Å². The van der Waals surface area contributed by atoms with Gasteiger partial charge in [-0.2, -0.15) is 0 Å². The predicted octanol–water partition coefficient (Wildman–Crippen LogP) is 1.95. The van der Waals surface area contributed by atoms with Crippen molar-refractivity contribution < 1.29 is 13.2 Å². The second-order valence-corrected chi connectivity index (χ2v) is 6.76. The molecule has 6 nitrogen and oxygen atoms in total. The van der Waals surface area contributed by atoms with Gasteiger partial charge in [0.25, 0.3) is 5.91 Å². The number of nitrogens with two attached hydrogens (primary N) is 1. The summed E-state index contributed by atoms with van der Waals surface area (Å²) in [6, 6.07) is 9.26. The van der Waals surface area contributed by atoms with Crippen LogP contribution in [-0.4, -0.2) is 31.3 Å². The van der Waals surface area contributed by atoms with E-state index in [1.807, 2.05) is 19.1 Å². The summed E-state index contributed by atoms with van der Waals surface area (Å²) in [6.45, 7) is 1.99. The highest BCUT2D eigenvalue weighted by molar-refractivity contribution is 7.89. The first kappa shape index (κ1) is 17.1. The molecule has 0 aliphatic rings. The number of carbonyl (C=O) groups excluding carboxylic acids is 1. The average molecular weight is 333 g/mol. The van der Waals surface area contributed by atoms with E-state index in [2.05, 4.69) is 4.98 Å². The number of nitrogens with zero attached hydrogens (tertiary/aromatic N) is 2. The highest BCUT2D eigenvalue weighted by Gasteiger charge is 2.21. The summed E-state index contributed by atoms with van der Waals surface area (Å²) in [5.74, 6) is -0.193. The number of pyridine rings is 1. The summed E-state index contributed by atoms with van der Waals surface area (Å²) in [6.07, 6.45) is 4.16. The van der Waals surface area contributed by atoms with Crippen LogP contribution in [0.4, 0.5) is 0 Å². The summed E-state index contributed by atoms with van der Waals surface area (Å²) in [7, 11) is -2.04. The third-order valence-corrected chi connectivity index (χ3v) is 4.60. The van der Waals surface area contributed by atoms with Crippen LogP contribution in [0, 0.1) is 0 Å². The molecule has 2 rings (SSSR count). The van der Waals surface area contributed by atoms with E-state index in [4.69, 9.17) is 5.14 Å². The molecule has 0 aliphatic carbocycles. The first-order valence-electron chi connectivity index (χ1n) is 7.14. The molecule has 0 unspecified atom stereocenters. The maximum atomic E-state index is 12.6. The van der Waals surface area contributed by atoms with Gasteiger partial charge in [0.05, 0.1) is 10.9 Å². The lowest BCUT2D eigenvalue weighted by Gasteiger charge is -2.27. The average Bonchev–Trinajstić information content (AvgIpc) is 2.55. The SMILES string of the molecule is CC[C@@H](c1cccnc1)N(C)C(=O)c1ccc(S(N)(=O)=O)cc1. The van der Waals surface area contributed by atoms with E-state index in [0.717, 1.165) is 12.0 Å². The first-order chi connectivity index (χ1) is 10.8. The topological polar surface area (TPSA) is 93.4 Å². The molecule has 7 heteroatoms. The van der Waals surface area contributed by atoms with E-state index >= 15 is 0 Å². The Morgan fingerprint density at radius 3 is 2.39 bits per heavy atom. The third-order valence-electron chi connectivity index (χ3n) is 3.67. The molecule has 2 aromatic rings. The number of primary sulfonamides is 1. The van der Waals surface area contributed by atoms with Crippen LogP contribution in [0.5, 0.6) is 0 Å². The molecule has 0 fully saturated rings. The molecule has 0 radical (unpaired) electrons. The van der Waals surface area contributed by atoms with Crippen molar-refractivity contribution in [1.82, 2.24) is 9.88 Å². The predicted molar refractivity (Wildman–Crippen MR) is 87.2 cm³/mol. The van der Waals surface area contributed by atoms with E-state index in [-0.39, 0.29) is 16.8 Å². The fraction of sp³-hybridized carbons (Fsp3) is 0.250. The van der Waals surface area contributed by atoms with Crippen LogP contribution in [0.3, 0.4) is 0 Å². The van der Waals surface area contributed by atoms with Crippen molar-refractivity contribution in [2.24, 2.45) is 5.14 Å². The fourth-order valence-electron chi connectivity index (χ4n) is 2.44. The van der Waals surface area contributed by atoms with E-state index < -0.39 is 10.0 Å². The molecular formula is C16H19N3O3S. The van der Waals surface area contributed by atoms with Crippen LogP contribution in [0.1, 0.15) is 35.3 Å². The Morgan fingerprint density at radius 2 is 1.91 bits per heavy atom. The van der Waals surface area contributed by atoms with Crippen molar-refractivity contribution >= 4 is 15.9 Å². The number of rotatable bonds is 5. The molecule has 1 aromatic carbocycles. The first-order valence-corrected chi connectivity index (χ1v) is 8.69. The third kappa shape index (κ3) is 3.94. The zero-order valence-corrected chi connectivity index (χ0v) is 13.8. The normalized spacial score (nSPS) is 12.7. The molecular weight excluding hydrogens is 314 g/mol. The van der Waals surface area contributed by atoms with Gasteiger partial charge in [-0.25, -0.2) is 13.6 Å². The summed E-state index contributed by atoms with van der Waals surface area (Å²) >= 11 is 0. The van der Waals surface area contributed by atoms with Gasteiger partial charge in [-0.3, -0.25) is 9.78 Å². The number of sulfonamides is 1. The van der Waals surface area contributed by atoms with E-state index in [0.29, 0.717) is 5.56 Å². The van der Waals surface area contributed by atoms with Crippen molar-refractivity contribution in [2.75, 3.05) is 7.05 Å². The molecule has 1 atom stereocenters. The molecule has 122 valence electrons. The molecule has 0 aliphatic heterocycles. The molecule has 0 saturated carbocycles. The van der Waals surface area contributed by atoms with Gasteiger partial charge in [0, 0.05) is 25.0 Å². The zero-order valence-electron chi connectivity index (χ0n) is 13.0. The van der Waals surface area contributed by atoms with Crippen molar-refractivity contribution in [3.8, 4) is 0 Å². The Kier molecular flexibility index (Phi) is 5.12. The van der Waals surface area contributed by atoms with Gasteiger partial charge >= 0.3 is 0 Å². The van der Waals surface area contributed by atoms with Gasteiger partial charge in [-0.1, -0.05) is 13.0 Å². The van der Waals surface area contributed by atoms with Crippen LogP contribution < -0.4 is 5.14 Å². The Hall–Kier alpha value is -2.25. The fourth-order valence-corrected chi connectivity index (χ4v) is 2.95. The number of carbonyl (C=O) groups is 1. The van der Waals surface area contributed by atoms with Gasteiger partial charge in [0.15, 0.2) is 0 Å². The smallest absolute Gasteiger partial charge is 0.254 e. The summed E-state index contributed by atoms with van der Waals surface area (Å²) in [4.78, 5) is 18.3. The van der Waals surface area contributed by atoms with E-state index in [9.17, 15) is 13.2 Å². The van der Waals surface area contributed by atoms with Crippen molar-refractivity contribution in [2.45, 2.75) is 24.3 Å². The summed E-state index contributed by atoms with van der Waals surface area (Å²) in [5, 5.41) is 5.06. The largest absolute Gasteiger partial charge is 0.335 e. The Bertz CT molecular complexity index is 774. The molecule has 0 saturated heterocycles.